The van der Waals surface area contributed by atoms with E-state index in [4.69, 9.17) is 9.47 Å². The second kappa shape index (κ2) is 6.12. The van der Waals surface area contributed by atoms with E-state index in [1.165, 1.54) is 18.7 Å². The van der Waals surface area contributed by atoms with E-state index in [0.29, 0.717) is 31.3 Å². The number of rotatable bonds is 3. The van der Waals surface area contributed by atoms with Crippen molar-refractivity contribution < 1.29 is 9.47 Å². The van der Waals surface area contributed by atoms with Gasteiger partial charge in [0.05, 0.1) is 0 Å². The normalized spacial score (nSPS) is 12.5. The molecule has 8 nitrogen and oxygen atoms in total. The molecule has 3 rings (SSSR count). The van der Waals surface area contributed by atoms with E-state index < -0.39 is 11.2 Å². The molecule has 0 amide bonds. The molecule has 0 spiro atoms. The van der Waals surface area contributed by atoms with Crippen molar-refractivity contribution in [2.45, 2.75) is 6.54 Å². The van der Waals surface area contributed by atoms with Gasteiger partial charge in [0.1, 0.15) is 25.1 Å². The van der Waals surface area contributed by atoms with Gasteiger partial charge in [0, 0.05) is 20.6 Å². The molecular formula is C16H16N4O4. The number of nitrogens with zero attached hydrogens (tertiary/aromatic N) is 3. The number of fused-ring (bicyclic) bond motifs is 1. The summed E-state index contributed by atoms with van der Waals surface area (Å²) in [4.78, 5) is 24.1. The zero-order valence-electron chi connectivity index (χ0n) is 13.3. The van der Waals surface area contributed by atoms with Crippen LogP contribution in [0.25, 0.3) is 0 Å². The highest BCUT2D eigenvalue weighted by Gasteiger charge is 2.16. The minimum atomic E-state index is -0.620. The summed E-state index contributed by atoms with van der Waals surface area (Å²) in [5, 5.41) is 12.2. The molecule has 1 N–H and O–H groups in total. The van der Waals surface area contributed by atoms with E-state index in [0.717, 1.165) is 10.1 Å². The summed E-state index contributed by atoms with van der Waals surface area (Å²) in [7, 11) is 2.85. The van der Waals surface area contributed by atoms with Gasteiger partial charge < -0.3 is 14.8 Å². The van der Waals surface area contributed by atoms with E-state index in [9.17, 15) is 14.9 Å². The molecule has 8 heteroatoms. The quantitative estimate of drug-likeness (QED) is 0.872. The van der Waals surface area contributed by atoms with Crippen LogP contribution in [0.1, 0.15) is 11.1 Å². The Morgan fingerprint density at radius 2 is 1.88 bits per heavy atom. The van der Waals surface area contributed by atoms with E-state index in [-0.39, 0.29) is 11.4 Å². The molecule has 1 aromatic heterocycles. The monoisotopic (exact) mass is 328 g/mol. The van der Waals surface area contributed by atoms with Gasteiger partial charge in [-0.2, -0.15) is 5.26 Å². The van der Waals surface area contributed by atoms with Crippen molar-refractivity contribution in [1.82, 2.24) is 9.13 Å². The number of benzene rings is 1. The van der Waals surface area contributed by atoms with Crippen LogP contribution in [0, 0.1) is 11.3 Å². The molecule has 0 atom stereocenters. The summed E-state index contributed by atoms with van der Waals surface area (Å²) in [6.07, 6.45) is 0. The van der Waals surface area contributed by atoms with Gasteiger partial charge in [-0.15, -0.1) is 0 Å². The fourth-order valence-corrected chi connectivity index (χ4v) is 2.54. The highest BCUT2D eigenvalue weighted by atomic mass is 16.6. The van der Waals surface area contributed by atoms with Crippen LogP contribution in [0.2, 0.25) is 0 Å². The first-order valence-electron chi connectivity index (χ1n) is 7.35. The lowest BCUT2D eigenvalue weighted by atomic mass is 10.2. The second-order valence-electron chi connectivity index (χ2n) is 5.37. The maximum atomic E-state index is 12.0. The molecule has 0 fully saturated rings. The Morgan fingerprint density at radius 1 is 1.17 bits per heavy atom. The number of nitrogens with one attached hydrogen (secondary N) is 1. The standard InChI is InChI=1S/C16H16N4O4/c1-19-14(11(8-17)15(21)20(2)16(19)22)18-9-10-3-4-12-13(7-10)24-6-5-23-12/h3-4,7,18H,5-6,9H2,1-2H3. The van der Waals surface area contributed by atoms with Gasteiger partial charge in [-0.1, -0.05) is 6.07 Å². The van der Waals surface area contributed by atoms with Gasteiger partial charge in [0.15, 0.2) is 17.1 Å². The van der Waals surface area contributed by atoms with E-state index in [2.05, 4.69) is 5.32 Å². The van der Waals surface area contributed by atoms with Crippen LogP contribution in [-0.2, 0) is 20.6 Å². The highest BCUT2D eigenvalue weighted by Crippen LogP contribution is 2.30. The molecule has 124 valence electrons. The number of hydrogen-bond acceptors (Lipinski definition) is 6. The Balaban J connectivity index is 1.92. The van der Waals surface area contributed by atoms with Crippen LogP contribution in [-0.4, -0.2) is 22.3 Å². The predicted octanol–water partition coefficient (Wildman–Crippen LogP) is 0.339. The first-order valence-corrected chi connectivity index (χ1v) is 7.35. The van der Waals surface area contributed by atoms with Crippen LogP contribution >= 0.6 is 0 Å². The van der Waals surface area contributed by atoms with Crippen LogP contribution in [0.5, 0.6) is 11.5 Å². The van der Waals surface area contributed by atoms with E-state index in [1.54, 1.807) is 6.07 Å². The second-order valence-corrected chi connectivity index (χ2v) is 5.37. The van der Waals surface area contributed by atoms with Gasteiger partial charge in [0.2, 0.25) is 0 Å². The predicted molar refractivity (Wildman–Crippen MR) is 86.4 cm³/mol. The third-order valence-electron chi connectivity index (χ3n) is 3.84. The Kier molecular flexibility index (Phi) is 4.00. The van der Waals surface area contributed by atoms with Gasteiger partial charge in [0.25, 0.3) is 5.56 Å². The smallest absolute Gasteiger partial charge is 0.332 e. The minimum Gasteiger partial charge on any atom is -0.486 e. The molecule has 2 heterocycles. The number of nitriles is 1. The number of aromatic nitrogens is 2. The number of anilines is 1. The van der Waals surface area contributed by atoms with Crippen LogP contribution in [0.15, 0.2) is 27.8 Å². The molecule has 1 aliphatic rings. The number of ether oxygens (including phenoxy) is 2. The third kappa shape index (κ3) is 2.60. The largest absolute Gasteiger partial charge is 0.486 e. The summed E-state index contributed by atoms with van der Waals surface area (Å²) >= 11 is 0. The molecule has 0 unspecified atom stereocenters. The molecule has 0 bridgehead atoms. The van der Waals surface area contributed by atoms with E-state index in [1.807, 2.05) is 18.2 Å². The molecule has 24 heavy (non-hydrogen) atoms. The fraction of sp³-hybridized carbons (Fsp3) is 0.312. The molecular weight excluding hydrogens is 312 g/mol. The van der Waals surface area contributed by atoms with Crippen molar-refractivity contribution in [3.05, 3.63) is 50.2 Å². The average Bonchev–Trinajstić information content (AvgIpc) is 2.61. The summed E-state index contributed by atoms with van der Waals surface area (Å²) in [6, 6.07) is 7.34. The molecule has 2 aromatic rings. The molecule has 0 aliphatic carbocycles. The topological polar surface area (TPSA) is 98.3 Å². The van der Waals surface area contributed by atoms with Crippen molar-refractivity contribution in [1.29, 1.82) is 5.26 Å². The fourth-order valence-electron chi connectivity index (χ4n) is 2.54. The zero-order valence-corrected chi connectivity index (χ0v) is 13.3. The van der Waals surface area contributed by atoms with Gasteiger partial charge in [-0.25, -0.2) is 4.79 Å². The number of hydrogen-bond donors (Lipinski definition) is 1. The third-order valence-corrected chi connectivity index (χ3v) is 3.84. The Hall–Kier alpha value is -3.21. The molecule has 0 radical (unpaired) electrons. The Morgan fingerprint density at radius 3 is 2.58 bits per heavy atom. The van der Waals surface area contributed by atoms with Crippen LogP contribution < -0.4 is 26.0 Å². The van der Waals surface area contributed by atoms with Gasteiger partial charge in [-0.05, 0) is 17.7 Å². The van der Waals surface area contributed by atoms with Crippen molar-refractivity contribution in [2.24, 2.45) is 14.1 Å². The minimum absolute atomic E-state index is 0.0999. The maximum Gasteiger partial charge on any atom is 0.332 e. The first kappa shape index (κ1) is 15.7. The Bertz CT molecular complexity index is 952. The van der Waals surface area contributed by atoms with Crippen molar-refractivity contribution >= 4 is 5.82 Å². The molecule has 1 aromatic carbocycles. The molecule has 0 saturated heterocycles. The van der Waals surface area contributed by atoms with Gasteiger partial charge >= 0.3 is 5.69 Å². The van der Waals surface area contributed by atoms with Crippen molar-refractivity contribution in [3.63, 3.8) is 0 Å². The first-order chi connectivity index (χ1) is 11.5. The van der Waals surface area contributed by atoms with Crippen molar-refractivity contribution in [3.8, 4) is 17.6 Å². The van der Waals surface area contributed by atoms with Crippen LogP contribution in [0.3, 0.4) is 0 Å². The Labute approximate surface area is 137 Å². The molecule has 0 saturated carbocycles. The lowest BCUT2D eigenvalue weighted by Gasteiger charge is -2.19. The van der Waals surface area contributed by atoms with Gasteiger partial charge in [-0.3, -0.25) is 13.9 Å². The SMILES string of the molecule is Cn1c(NCc2ccc3c(c2)OCCO3)c(C#N)c(=O)n(C)c1=O. The highest BCUT2D eigenvalue weighted by molar-refractivity contribution is 5.52. The van der Waals surface area contributed by atoms with E-state index >= 15 is 0 Å². The summed E-state index contributed by atoms with van der Waals surface area (Å²) in [5.74, 6) is 1.53. The molecule has 1 aliphatic heterocycles. The summed E-state index contributed by atoms with van der Waals surface area (Å²) < 4.78 is 13.1. The summed E-state index contributed by atoms with van der Waals surface area (Å²) in [6.45, 7) is 1.34. The average molecular weight is 328 g/mol. The maximum absolute atomic E-state index is 12.0. The summed E-state index contributed by atoms with van der Waals surface area (Å²) in [5.41, 5.74) is -0.345. The zero-order chi connectivity index (χ0) is 17.3. The van der Waals surface area contributed by atoms with Crippen molar-refractivity contribution in [2.75, 3.05) is 18.5 Å². The van der Waals surface area contributed by atoms with Crippen LogP contribution in [0.4, 0.5) is 5.82 Å². The lowest BCUT2D eigenvalue weighted by Crippen LogP contribution is -2.39. The lowest BCUT2D eigenvalue weighted by molar-refractivity contribution is 0.171.